The Morgan fingerprint density at radius 2 is 1.72 bits per heavy atom. The number of hydrogen-bond donors (Lipinski definition) is 1. The number of Topliss-reactive ketones (excluding diaryl/α,β-unsaturated/α-hetero) is 1. The highest BCUT2D eigenvalue weighted by molar-refractivity contribution is 7.93. The van der Waals surface area contributed by atoms with E-state index in [0.29, 0.717) is 4.88 Å². The molecule has 10 heteroatoms. The molecule has 0 unspecified atom stereocenters. The Kier molecular flexibility index (Phi) is 5.65. The molecule has 0 aliphatic carbocycles. The van der Waals surface area contributed by atoms with Crippen LogP contribution in [0.25, 0.3) is 0 Å². The number of aliphatic carboxylic acids is 1. The maximum atomic E-state index is 12.5. The molecule has 1 aromatic carbocycles. The average Bonchev–Trinajstić information content (AvgIpc) is 3.02. The number of carboxylic acid groups (broad SMARTS) is 1. The second kappa shape index (κ2) is 7.53. The third kappa shape index (κ3) is 4.70. The van der Waals surface area contributed by atoms with Crippen molar-refractivity contribution in [2.75, 3.05) is 0 Å². The smallest absolute Gasteiger partial charge is 0.303 e. The molecule has 0 atom stereocenters. The van der Waals surface area contributed by atoms with E-state index < -0.39 is 20.7 Å². The van der Waals surface area contributed by atoms with Gasteiger partial charge in [-0.2, -0.15) is 0 Å². The molecule has 0 aliphatic rings. The van der Waals surface area contributed by atoms with Crippen molar-refractivity contribution in [3.63, 3.8) is 0 Å². The van der Waals surface area contributed by atoms with E-state index >= 15 is 0 Å². The van der Waals surface area contributed by atoms with Gasteiger partial charge in [-0.3, -0.25) is 19.7 Å². The number of nitro groups is 1. The normalized spacial score (nSPS) is 11.2. The lowest BCUT2D eigenvalue weighted by molar-refractivity contribution is -0.384. The van der Waals surface area contributed by atoms with Crippen molar-refractivity contribution in [1.29, 1.82) is 0 Å². The molecule has 0 spiro atoms. The molecule has 2 aromatic rings. The summed E-state index contributed by atoms with van der Waals surface area (Å²) in [6.07, 6.45) is -0.413. The summed E-state index contributed by atoms with van der Waals surface area (Å²) >= 11 is 0.918. The molecule has 1 heterocycles. The van der Waals surface area contributed by atoms with Gasteiger partial charge in [-0.25, -0.2) is 8.42 Å². The fourth-order valence-electron chi connectivity index (χ4n) is 1.99. The minimum atomic E-state index is -3.83. The van der Waals surface area contributed by atoms with E-state index in [4.69, 9.17) is 5.11 Å². The SMILES string of the molecule is O=C(O)CCC(=O)Cc1ccc(S(=O)(=O)c2ccc([N+](=O)[O-])cc2)s1. The van der Waals surface area contributed by atoms with Crippen molar-refractivity contribution < 1.29 is 28.0 Å². The van der Waals surface area contributed by atoms with Crippen LogP contribution < -0.4 is 0 Å². The Hall–Kier alpha value is -2.59. The number of benzene rings is 1. The van der Waals surface area contributed by atoms with Gasteiger partial charge in [0.1, 0.15) is 9.99 Å². The fraction of sp³-hybridized carbons (Fsp3) is 0.200. The highest BCUT2D eigenvalue weighted by Gasteiger charge is 2.21. The quantitative estimate of drug-likeness (QED) is 0.547. The van der Waals surface area contributed by atoms with E-state index in [1.54, 1.807) is 0 Å². The molecule has 0 radical (unpaired) electrons. The molecule has 0 aliphatic heterocycles. The van der Waals surface area contributed by atoms with Crippen molar-refractivity contribution >= 4 is 38.6 Å². The summed E-state index contributed by atoms with van der Waals surface area (Å²) in [7, 11) is -3.83. The van der Waals surface area contributed by atoms with Crippen LogP contribution in [-0.2, 0) is 25.8 Å². The Morgan fingerprint density at radius 1 is 1.08 bits per heavy atom. The Morgan fingerprint density at radius 3 is 2.28 bits per heavy atom. The molecule has 1 aromatic heterocycles. The Balaban J connectivity index is 2.15. The molecule has 0 fully saturated rings. The first-order valence-electron chi connectivity index (χ1n) is 7.02. The third-order valence-electron chi connectivity index (χ3n) is 3.25. The van der Waals surface area contributed by atoms with Gasteiger partial charge in [-0.1, -0.05) is 0 Å². The Labute approximate surface area is 146 Å². The largest absolute Gasteiger partial charge is 0.481 e. The van der Waals surface area contributed by atoms with Crippen LogP contribution >= 0.6 is 11.3 Å². The van der Waals surface area contributed by atoms with Gasteiger partial charge in [0, 0.05) is 29.9 Å². The van der Waals surface area contributed by atoms with Gasteiger partial charge < -0.3 is 5.11 Å². The molecule has 0 saturated carbocycles. The summed E-state index contributed by atoms with van der Waals surface area (Å²) in [5, 5.41) is 19.2. The predicted octanol–water partition coefficient (Wildman–Crippen LogP) is 2.47. The van der Waals surface area contributed by atoms with Gasteiger partial charge >= 0.3 is 5.97 Å². The molecule has 132 valence electrons. The molecule has 0 amide bonds. The summed E-state index contributed by atoms with van der Waals surface area (Å²) in [4.78, 5) is 32.6. The van der Waals surface area contributed by atoms with Crippen LogP contribution in [0.1, 0.15) is 17.7 Å². The van der Waals surface area contributed by atoms with Crippen LogP contribution in [0.4, 0.5) is 5.69 Å². The first-order valence-corrected chi connectivity index (χ1v) is 9.32. The Bertz CT molecular complexity index is 914. The van der Waals surface area contributed by atoms with Crippen LogP contribution in [0.5, 0.6) is 0 Å². The number of carbonyl (C=O) groups is 2. The minimum absolute atomic E-state index is 0.0161. The monoisotopic (exact) mass is 383 g/mol. The first-order chi connectivity index (χ1) is 11.7. The van der Waals surface area contributed by atoms with Crippen LogP contribution in [0.15, 0.2) is 45.5 Å². The van der Waals surface area contributed by atoms with E-state index in [0.717, 1.165) is 35.6 Å². The molecular weight excluding hydrogens is 370 g/mol. The topological polar surface area (TPSA) is 132 Å². The number of carboxylic acids is 1. The zero-order valence-corrected chi connectivity index (χ0v) is 14.4. The van der Waals surface area contributed by atoms with Crippen LogP contribution in [0.2, 0.25) is 0 Å². The number of sulfone groups is 1. The highest BCUT2D eigenvalue weighted by atomic mass is 32.2. The lowest BCUT2D eigenvalue weighted by Gasteiger charge is -2.01. The zero-order valence-electron chi connectivity index (χ0n) is 12.7. The predicted molar refractivity (Wildman–Crippen MR) is 88.4 cm³/mol. The minimum Gasteiger partial charge on any atom is -0.481 e. The standard InChI is InChI=1S/C15H13NO7S2/c17-11(3-7-14(18)19)9-12-4-8-15(24-12)25(22,23)13-5-1-10(2-6-13)16(20)21/h1-2,4-6,8H,3,7,9H2,(H,18,19). The van der Waals surface area contributed by atoms with Gasteiger partial charge in [-0.05, 0) is 24.3 Å². The van der Waals surface area contributed by atoms with Crippen molar-refractivity contribution in [2.45, 2.75) is 28.4 Å². The van der Waals surface area contributed by atoms with Gasteiger partial charge in [0.15, 0.2) is 0 Å². The van der Waals surface area contributed by atoms with Crippen molar-refractivity contribution in [1.82, 2.24) is 0 Å². The summed E-state index contributed by atoms with van der Waals surface area (Å²) in [6.45, 7) is 0. The number of carbonyl (C=O) groups excluding carboxylic acids is 1. The van der Waals surface area contributed by atoms with Gasteiger partial charge in [-0.15, -0.1) is 11.3 Å². The van der Waals surface area contributed by atoms with E-state index in [-0.39, 0.29) is 39.8 Å². The van der Waals surface area contributed by atoms with Crippen molar-refractivity contribution in [3.05, 3.63) is 51.4 Å². The van der Waals surface area contributed by atoms with Crippen molar-refractivity contribution in [3.8, 4) is 0 Å². The molecule has 0 saturated heterocycles. The summed E-state index contributed by atoms with van der Waals surface area (Å²) < 4.78 is 25.0. The second-order valence-corrected chi connectivity index (χ2v) is 8.43. The van der Waals surface area contributed by atoms with Crippen LogP contribution in [0.3, 0.4) is 0 Å². The number of nitrogens with zero attached hydrogens (tertiary/aromatic N) is 1. The second-order valence-electron chi connectivity index (χ2n) is 5.08. The number of thiophene rings is 1. The summed E-state index contributed by atoms with van der Waals surface area (Å²) in [5.41, 5.74) is -0.213. The number of rotatable bonds is 8. The maximum Gasteiger partial charge on any atom is 0.303 e. The van der Waals surface area contributed by atoms with Crippen molar-refractivity contribution in [2.24, 2.45) is 0 Å². The molecular formula is C15H13NO7S2. The highest BCUT2D eigenvalue weighted by Crippen LogP contribution is 2.29. The van der Waals surface area contributed by atoms with E-state index in [1.807, 2.05) is 0 Å². The summed E-state index contributed by atoms with van der Waals surface area (Å²) in [5.74, 6) is -1.36. The fourth-order valence-corrected chi connectivity index (χ4v) is 4.78. The molecule has 1 N–H and O–H groups in total. The lowest BCUT2D eigenvalue weighted by Crippen LogP contribution is -2.05. The molecule has 0 bridgehead atoms. The number of non-ortho nitro benzene ring substituents is 1. The zero-order chi connectivity index (χ0) is 18.6. The number of ketones is 1. The molecule has 2 rings (SSSR count). The maximum absolute atomic E-state index is 12.5. The van der Waals surface area contributed by atoms with E-state index in [1.165, 1.54) is 12.1 Å². The molecule has 25 heavy (non-hydrogen) atoms. The van der Waals surface area contributed by atoms with Gasteiger partial charge in [0.25, 0.3) is 5.69 Å². The number of hydrogen-bond acceptors (Lipinski definition) is 7. The first kappa shape index (κ1) is 18.7. The van der Waals surface area contributed by atoms with Gasteiger partial charge in [0.2, 0.25) is 9.84 Å². The number of nitro benzene ring substituents is 1. The lowest BCUT2D eigenvalue weighted by atomic mass is 10.1. The van der Waals surface area contributed by atoms with E-state index in [2.05, 4.69) is 0 Å². The van der Waals surface area contributed by atoms with Gasteiger partial charge in [0.05, 0.1) is 16.2 Å². The van der Waals surface area contributed by atoms with Crippen LogP contribution in [-0.4, -0.2) is 30.2 Å². The average molecular weight is 383 g/mol. The van der Waals surface area contributed by atoms with Crippen LogP contribution in [0, 0.1) is 10.1 Å². The molecule has 8 nitrogen and oxygen atoms in total. The summed E-state index contributed by atoms with van der Waals surface area (Å²) in [6, 6.07) is 7.40. The third-order valence-corrected chi connectivity index (χ3v) is 6.60. The van der Waals surface area contributed by atoms with E-state index in [9.17, 15) is 28.1 Å².